The van der Waals surface area contributed by atoms with Crippen molar-refractivity contribution < 1.29 is 9.13 Å². The minimum atomic E-state index is -0.474. The molecule has 0 radical (unpaired) electrons. The van der Waals surface area contributed by atoms with E-state index in [1.807, 2.05) is 13.0 Å². The van der Waals surface area contributed by atoms with Crippen LogP contribution in [0.15, 0.2) is 36.7 Å². The summed E-state index contributed by atoms with van der Waals surface area (Å²) in [7, 11) is 0. The van der Waals surface area contributed by atoms with Crippen LogP contribution in [0.5, 0.6) is 11.5 Å². The third kappa shape index (κ3) is 3.91. The zero-order valence-corrected chi connectivity index (χ0v) is 11.2. The minimum Gasteiger partial charge on any atom is -0.456 e. The second-order valence-corrected chi connectivity index (χ2v) is 4.80. The molecule has 0 bridgehead atoms. The lowest BCUT2D eigenvalue weighted by Gasteiger charge is -2.09. The van der Waals surface area contributed by atoms with Crippen molar-refractivity contribution in [3.05, 3.63) is 53.1 Å². The summed E-state index contributed by atoms with van der Waals surface area (Å²) >= 11 is 5.69. The van der Waals surface area contributed by atoms with E-state index in [1.165, 1.54) is 18.2 Å². The van der Waals surface area contributed by atoms with Gasteiger partial charge in [-0.05, 0) is 37.1 Å². The van der Waals surface area contributed by atoms with Gasteiger partial charge in [-0.15, -0.1) is 0 Å². The number of halogens is 2. The lowest BCUT2D eigenvalue weighted by Crippen LogP contribution is -2.17. The summed E-state index contributed by atoms with van der Waals surface area (Å²) in [4.78, 5) is 4.09. The molecule has 0 aliphatic heterocycles. The van der Waals surface area contributed by atoms with Crippen LogP contribution in [0.25, 0.3) is 0 Å². The maximum absolute atomic E-state index is 13.0. The molecule has 100 valence electrons. The molecule has 0 amide bonds. The molecule has 0 aliphatic rings. The summed E-state index contributed by atoms with van der Waals surface area (Å²) in [6, 6.07) is 6.11. The maximum Gasteiger partial charge on any atom is 0.145 e. The van der Waals surface area contributed by atoms with Crippen LogP contribution in [0.2, 0.25) is 5.02 Å². The first-order valence-electron chi connectivity index (χ1n) is 5.87. The van der Waals surface area contributed by atoms with Gasteiger partial charge in [-0.2, -0.15) is 0 Å². The van der Waals surface area contributed by atoms with E-state index in [-0.39, 0.29) is 11.1 Å². The Balaban J connectivity index is 2.16. The second-order valence-electron chi connectivity index (χ2n) is 4.39. The van der Waals surface area contributed by atoms with Gasteiger partial charge in [-0.1, -0.05) is 11.6 Å². The molecule has 1 unspecified atom stereocenters. The van der Waals surface area contributed by atoms with E-state index < -0.39 is 5.82 Å². The van der Waals surface area contributed by atoms with Crippen LogP contribution in [-0.2, 0) is 6.42 Å². The van der Waals surface area contributed by atoms with E-state index in [0.29, 0.717) is 17.9 Å². The summed E-state index contributed by atoms with van der Waals surface area (Å²) in [5, 5.41) is 0.0252. The highest BCUT2D eigenvalue weighted by Gasteiger charge is 2.05. The lowest BCUT2D eigenvalue weighted by molar-refractivity contribution is 0.477. The normalized spacial score (nSPS) is 12.2. The number of aromatic nitrogens is 1. The van der Waals surface area contributed by atoms with Crippen LogP contribution in [0.4, 0.5) is 4.39 Å². The first kappa shape index (κ1) is 13.8. The quantitative estimate of drug-likeness (QED) is 0.931. The highest BCUT2D eigenvalue weighted by Crippen LogP contribution is 2.26. The van der Waals surface area contributed by atoms with Crippen LogP contribution >= 0.6 is 11.6 Å². The Kier molecular flexibility index (Phi) is 4.35. The molecule has 1 aromatic heterocycles. The van der Waals surface area contributed by atoms with Crippen molar-refractivity contribution >= 4 is 11.6 Å². The smallest absolute Gasteiger partial charge is 0.145 e. The van der Waals surface area contributed by atoms with Crippen molar-refractivity contribution in [1.29, 1.82) is 0 Å². The van der Waals surface area contributed by atoms with Gasteiger partial charge in [-0.25, -0.2) is 4.39 Å². The fraction of sp³-hybridized carbons (Fsp3) is 0.214. The van der Waals surface area contributed by atoms with E-state index >= 15 is 0 Å². The van der Waals surface area contributed by atoms with Gasteiger partial charge in [0.05, 0.1) is 11.2 Å². The highest BCUT2D eigenvalue weighted by atomic mass is 35.5. The van der Waals surface area contributed by atoms with Crippen molar-refractivity contribution in [1.82, 2.24) is 4.98 Å². The Morgan fingerprint density at radius 3 is 2.79 bits per heavy atom. The van der Waals surface area contributed by atoms with Gasteiger partial charge in [0, 0.05) is 18.3 Å². The Bertz CT molecular complexity index is 575. The van der Waals surface area contributed by atoms with E-state index in [1.54, 1.807) is 12.4 Å². The molecule has 2 N–H and O–H groups in total. The Hall–Kier alpha value is -1.65. The van der Waals surface area contributed by atoms with Gasteiger partial charge in [0.2, 0.25) is 0 Å². The first-order valence-corrected chi connectivity index (χ1v) is 6.25. The highest BCUT2D eigenvalue weighted by molar-refractivity contribution is 6.30. The van der Waals surface area contributed by atoms with Gasteiger partial charge in [0.15, 0.2) is 0 Å². The van der Waals surface area contributed by atoms with Crippen LogP contribution in [0.3, 0.4) is 0 Å². The molecule has 1 aromatic carbocycles. The summed E-state index contributed by atoms with van der Waals surface area (Å²) < 4.78 is 18.6. The topological polar surface area (TPSA) is 48.1 Å². The number of ether oxygens (including phenoxy) is 1. The molecule has 1 heterocycles. The third-order valence-corrected chi connectivity index (χ3v) is 2.74. The van der Waals surface area contributed by atoms with Gasteiger partial charge in [0.1, 0.15) is 17.3 Å². The fourth-order valence-corrected chi connectivity index (χ4v) is 1.85. The monoisotopic (exact) mass is 280 g/mol. The SMILES string of the molecule is CC(N)Cc1cncc(Oc2ccc(F)c(Cl)c2)c1. The molecule has 0 saturated heterocycles. The van der Waals surface area contributed by atoms with Crippen molar-refractivity contribution in [2.75, 3.05) is 0 Å². The third-order valence-electron chi connectivity index (χ3n) is 2.45. The number of hydrogen-bond donors (Lipinski definition) is 1. The second kappa shape index (κ2) is 5.99. The minimum absolute atomic E-state index is 0.0252. The zero-order valence-electron chi connectivity index (χ0n) is 10.4. The summed E-state index contributed by atoms with van der Waals surface area (Å²) in [6.07, 6.45) is 4.05. The molecule has 0 spiro atoms. The van der Waals surface area contributed by atoms with Gasteiger partial charge < -0.3 is 10.5 Å². The van der Waals surface area contributed by atoms with Crippen LogP contribution in [0, 0.1) is 5.82 Å². The average molecular weight is 281 g/mol. The van der Waals surface area contributed by atoms with Crippen molar-refractivity contribution in [3.63, 3.8) is 0 Å². The van der Waals surface area contributed by atoms with Crippen LogP contribution < -0.4 is 10.5 Å². The molecule has 0 aliphatic carbocycles. The van der Waals surface area contributed by atoms with Gasteiger partial charge >= 0.3 is 0 Å². The molecule has 19 heavy (non-hydrogen) atoms. The molecule has 5 heteroatoms. The van der Waals surface area contributed by atoms with Crippen molar-refractivity contribution in [2.45, 2.75) is 19.4 Å². The van der Waals surface area contributed by atoms with E-state index in [9.17, 15) is 4.39 Å². The molecule has 0 fully saturated rings. The number of rotatable bonds is 4. The predicted molar refractivity (Wildman–Crippen MR) is 73.1 cm³/mol. The molecular formula is C14H14ClFN2O. The van der Waals surface area contributed by atoms with E-state index in [4.69, 9.17) is 22.1 Å². The Morgan fingerprint density at radius 1 is 1.32 bits per heavy atom. The van der Waals surface area contributed by atoms with Crippen molar-refractivity contribution in [2.24, 2.45) is 5.73 Å². The van der Waals surface area contributed by atoms with E-state index in [0.717, 1.165) is 5.56 Å². The molecule has 2 aromatic rings. The van der Waals surface area contributed by atoms with E-state index in [2.05, 4.69) is 4.98 Å². The fourth-order valence-electron chi connectivity index (χ4n) is 1.68. The van der Waals surface area contributed by atoms with Gasteiger partial charge in [-0.3, -0.25) is 4.98 Å². The molecule has 3 nitrogen and oxygen atoms in total. The van der Waals surface area contributed by atoms with Gasteiger partial charge in [0.25, 0.3) is 0 Å². The molecule has 0 saturated carbocycles. The Labute approximate surface area is 116 Å². The van der Waals surface area contributed by atoms with Crippen LogP contribution in [-0.4, -0.2) is 11.0 Å². The number of benzene rings is 1. The Morgan fingerprint density at radius 2 is 2.11 bits per heavy atom. The van der Waals surface area contributed by atoms with Crippen molar-refractivity contribution in [3.8, 4) is 11.5 Å². The average Bonchev–Trinajstić information content (AvgIpc) is 2.33. The lowest BCUT2D eigenvalue weighted by atomic mass is 10.1. The number of nitrogens with two attached hydrogens (primary N) is 1. The molecular weight excluding hydrogens is 267 g/mol. The first-order chi connectivity index (χ1) is 9.04. The summed E-state index contributed by atoms with van der Waals surface area (Å²) in [6.45, 7) is 1.92. The maximum atomic E-state index is 13.0. The number of nitrogens with zero attached hydrogens (tertiary/aromatic N) is 1. The molecule has 2 rings (SSSR count). The largest absolute Gasteiger partial charge is 0.456 e. The number of pyridine rings is 1. The zero-order chi connectivity index (χ0) is 13.8. The predicted octanol–water partition coefficient (Wildman–Crippen LogP) is 3.56. The summed E-state index contributed by atoms with van der Waals surface area (Å²) in [5.74, 6) is 0.560. The van der Waals surface area contributed by atoms with Crippen LogP contribution in [0.1, 0.15) is 12.5 Å². The molecule has 1 atom stereocenters. The standard InChI is InChI=1S/C14H14ClFN2O/c1-9(17)4-10-5-12(8-18-7-10)19-11-2-3-14(16)13(15)6-11/h2-3,5-9H,4,17H2,1H3. The summed E-state index contributed by atoms with van der Waals surface area (Å²) in [5.41, 5.74) is 6.72. The number of hydrogen-bond acceptors (Lipinski definition) is 3.